The van der Waals surface area contributed by atoms with Crippen LogP contribution in [-0.4, -0.2) is 16.7 Å². The van der Waals surface area contributed by atoms with Gasteiger partial charge in [-0.15, -0.1) is 0 Å². The van der Waals surface area contributed by atoms with Gasteiger partial charge >= 0.3 is 0 Å². The van der Waals surface area contributed by atoms with Gasteiger partial charge in [0, 0.05) is 23.8 Å². The standard InChI is InChI=1S/C28H28O3/c29-26(21-14-6-2-7-15-21)25-24(20-12-4-1-5-13-20)23-18-10-11-19-28(23,30)31-27(25)22-16-8-3-9-17-22/h1-9,12-17,23-25,27,30H,10-11,18-19H2. The van der Waals surface area contributed by atoms with E-state index in [9.17, 15) is 9.90 Å². The Morgan fingerprint density at radius 2 is 1.39 bits per heavy atom. The van der Waals surface area contributed by atoms with Crippen LogP contribution in [0.5, 0.6) is 0 Å². The summed E-state index contributed by atoms with van der Waals surface area (Å²) < 4.78 is 6.51. The van der Waals surface area contributed by atoms with Crippen molar-refractivity contribution < 1.29 is 14.6 Å². The molecule has 0 radical (unpaired) electrons. The molecule has 1 aliphatic heterocycles. The smallest absolute Gasteiger partial charge is 0.169 e. The van der Waals surface area contributed by atoms with Crippen LogP contribution in [0.2, 0.25) is 0 Å². The number of ketones is 1. The quantitative estimate of drug-likeness (QED) is 0.541. The van der Waals surface area contributed by atoms with E-state index in [1.54, 1.807) is 0 Å². The molecular formula is C28H28O3. The summed E-state index contributed by atoms with van der Waals surface area (Å²) in [4.78, 5) is 14.0. The molecule has 0 aromatic heterocycles. The lowest BCUT2D eigenvalue weighted by molar-refractivity contribution is -0.312. The van der Waals surface area contributed by atoms with Gasteiger partial charge in [-0.3, -0.25) is 4.79 Å². The number of carbonyl (C=O) groups is 1. The average molecular weight is 413 g/mol. The zero-order chi connectivity index (χ0) is 21.3. The average Bonchev–Trinajstić information content (AvgIpc) is 2.84. The third-order valence-electron chi connectivity index (χ3n) is 7.03. The summed E-state index contributed by atoms with van der Waals surface area (Å²) in [5.74, 6) is -1.77. The molecule has 1 N–H and O–H groups in total. The third kappa shape index (κ3) is 3.73. The van der Waals surface area contributed by atoms with Crippen LogP contribution in [0.25, 0.3) is 0 Å². The van der Waals surface area contributed by atoms with Crippen LogP contribution in [0.1, 0.15) is 59.2 Å². The fraction of sp³-hybridized carbons (Fsp3) is 0.321. The summed E-state index contributed by atoms with van der Waals surface area (Å²) in [6.07, 6.45) is 2.94. The Labute approximate surface area is 183 Å². The molecule has 0 amide bonds. The second-order valence-corrected chi connectivity index (χ2v) is 8.84. The topological polar surface area (TPSA) is 46.5 Å². The van der Waals surface area contributed by atoms with E-state index >= 15 is 0 Å². The van der Waals surface area contributed by atoms with Gasteiger partial charge in [-0.2, -0.15) is 0 Å². The van der Waals surface area contributed by atoms with Crippen LogP contribution < -0.4 is 0 Å². The van der Waals surface area contributed by atoms with Crippen molar-refractivity contribution in [3.8, 4) is 0 Å². The van der Waals surface area contributed by atoms with Gasteiger partial charge in [0.1, 0.15) is 0 Å². The molecular weight excluding hydrogens is 384 g/mol. The number of ether oxygens (including phenoxy) is 1. The number of benzene rings is 3. The Hall–Kier alpha value is -2.75. The first-order valence-electron chi connectivity index (χ1n) is 11.3. The van der Waals surface area contributed by atoms with Crippen LogP contribution in [0.4, 0.5) is 0 Å². The fourth-order valence-corrected chi connectivity index (χ4v) is 5.62. The van der Waals surface area contributed by atoms with E-state index in [0.29, 0.717) is 12.0 Å². The first kappa shape index (κ1) is 20.2. The van der Waals surface area contributed by atoms with Gasteiger partial charge in [0.2, 0.25) is 0 Å². The van der Waals surface area contributed by atoms with Gasteiger partial charge in [0.25, 0.3) is 0 Å². The minimum atomic E-state index is -1.22. The molecule has 0 bridgehead atoms. The summed E-state index contributed by atoms with van der Waals surface area (Å²) in [7, 11) is 0. The predicted octanol–water partition coefficient (Wildman–Crippen LogP) is 5.92. The van der Waals surface area contributed by atoms with Crippen molar-refractivity contribution in [1.82, 2.24) is 0 Å². The third-order valence-corrected chi connectivity index (χ3v) is 7.03. The predicted molar refractivity (Wildman–Crippen MR) is 121 cm³/mol. The summed E-state index contributed by atoms with van der Waals surface area (Å²) in [6, 6.07) is 29.7. The lowest BCUT2D eigenvalue weighted by Crippen LogP contribution is -2.55. The molecule has 2 aliphatic rings. The molecule has 1 heterocycles. The summed E-state index contributed by atoms with van der Waals surface area (Å²) in [6.45, 7) is 0. The molecule has 5 atom stereocenters. The van der Waals surface area contributed by atoms with Crippen LogP contribution in [-0.2, 0) is 4.74 Å². The van der Waals surface area contributed by atoms with Crippen molar-refractivity contribution >= 4 is 5.78 Å². The maximum Gasteiger partial charge on any atom is 0.169 e. The lowest BCUT2D eigenvalue weighted by Gasteiger charge is -2.53. The number of rotatable bonds is 4. The van der Waals surface area contributed by atoms with Gasteiger partial charge in [-0.1, -0.05) is 97.4 Å². The molecule has 3 aromatic carbocycles. The summed E-state index contributed by atoms with van der Waals surface area (Å²) >= 11 is 0. The molecule has 3 nitrogen and oxygen atoms in total. The fourth-order valence-electron chi connectivity index (χ4n) is 5.62. The van der Waals surface area contributed by atoms with Gasteiger partial charge in [0.15, 0.2) is 11.6 Å². The van der Waals surface area contributed by atoms with E-state index in [1.165, 1.54) is 0 Å². The lowest BCUT2D eigenvalue weighted by atomic mass is 9.62. The van der Waals surface area contributed by atoms with E-state index in [-0.39, 0.29) is 17.6 Å². The maximum atomic E-state index is 14.0. The van der Waals surface area contributed by atoms with Gasteiger partial charge in [-0.05, 0) is 24.0 Å². The molecule has 3 aromatic rings. The number of hydrogen-bond acceptors (Lipinski definition) is 3. The van der Waals surface area contributed by atoms with Crippen LogP contribution in [0.15, 0.2) is 91.0 Å². The Morgan fingerprint density at radius 1 is 0.806 bits per heavy atom. The zero-order valence-electron chi connectivity index (χ0n) is 17.6. The summed E-state index contributed by atoms with van der Waals surface area (Å²) in [5.41, 5.74) is 2.74. The number of hydrogen-bond donors (Lipinski definition) is 1. The Morgan fingerprint density at radius 3 is 2.03 bits per heavy atom. The first-order valence-corrected chi connectivity index (χ1v) is 11.3. The molecule has 1 aliphatic carbocycles. The monoisotopic (exact) mass is 412 g/mol. The highest BCUT2D eigenvalue weighted by Gasteiger charge is 2.56. The second kappa shape index (κ2) is 8.41. The van der Waals surface area contributed by atoms with Crippen molar-refractivity contribution in [3.05, 3.63) is 108 Å². The van der Waals surface area contributed by atoms with E-state index in [0.717, 1.165) is 30.4 Å². The highest BCUT2D eigenvalue weighted by Crippen LogP contribution is 2.56. The van der Waals surface area contributed by atoms with Crippen LogP contribution in [0, 0.1) is 11.8 Å². The Kier molecular flexibility index (Phi) is 5.47. The van der Waals surface area contributed by atoms with E-state index in [1.807, 2.05) is 78.9 Å². The molecule has 5 unspecified atom stereocenters. The number of carbonyl (C=O) groups excluding carboxylic acids is 1. The normalized spacial score (nSPS) is 30.4. The molecule has 158 valence electrons. The first-order chi connectivity index (χ1) is 15.2. The van der Waals surface area contributed by atoms with Crippen molar-refractivity contribution in [2.24, 2.45) is 11.8 Å². The van der Waals surface area contributed by atoms with Crippen molar-refractivity contribution in [2.45, 2.75) is 43.5 Å². The Bertz CT molecular complexity index is 1020. The summed E-state index contributed by atoms with van der Waals surface area (Å²) in [5, 5.41) is 11.7. The second-order valence-electron chi connectivity index (χ2n) is 8.84. The molecule has 0 spiro atoms. The largest absolute Gasteiger partial charge is 0.365 e. The number of aliphatic hydroxyl groups is 1. The molecule has 31 heavy (non-hydrogen) atoms. The van der Waals surface area contributed by atoms with Crippen molar-refractivity contribution in [1.29, 1.82) is 0 Å². The van der Waals surface area contributed by atoms with E-state index in [2.05, 4.69) is 12.1 Å². The highest BCUT2D eigenvalue weighted by atomic mass is 16.6. The SMILES string of the molecule is O=C(c1ccccc1)C1C(c2ccccc2)OC2(O)CCCCC2C1c1ccccc1. The van der Waals surface area contributed by atoms with Gasteiger partial charge in [-0.25, -0.2) is 0 Å². The van der Waals surface area contributed by atoms with Gasteiger partial charge in [0.05, 0.1) is 12.0 Å². The highest BCUT2D eigenvalue weighted by molar-refractivity contribution is 5.99. The molecule has 2 fully saturated rings. The zero-order valence-corrected chi connectivity index (χ0v) is 17.6. The minimum Gasteiger partial charge on any atom is -0.365 e. The number of Topliss-reactive ketones (excluding diaryl/α,β-unsaturated/α-hetero) is 1. The van der Waals surface area contributed by atoms with Gasteiger partial charge < -0.3 is 9.84 Å². The minimum absolute atomic E-state index is 0.0796. The number of fused-ring (bicyclic) bond motifs is 1. The van der Waals surface area contributed by atoms with E-state index < -0.39 is 17.8 Å². The van der Waals surface area contributed by atoms with Crippen molar-refractivity contribution in [3.63, 3.8) is 0 Å². The maximum absolute atomic E-state index is 14.0. The van der Waals surface area contributed by atoms with Crippen LogP contribution in [0.3, 0.4) is 0 Å². The molecule has 1 saturated carbocycles. The molecule has 3 heteroatoms. The molecule has 5 rings (SSSR count). The van der Waals surface area contributed by atoms with E-state index in [4.69, 9.17) is 4.74 Å². The van der Waals surface area contributed by atoms with Crippen molar-refractivity contribution in [2.75, 3.05) is 0 Å². The Balaban J connectivity index is 1.68. The molecule has 1 saturated heterocycles. The van der Waals surface area contributed by atoms with Crippen LogP contribution >= 0.6 is 0 Å².